The molecule has 106 valence electrons. The van der Waals surface area contributed by atoms with Crippen LogP contribution in [0.3, 0.4) is 0 Å². The lowest BCUT2D eigenvalue weighted by atomic mass is 10.3. The minimum Gasteiger partial charge on any atom is -0.399 e. The second kappa shape index (κ2) is 6.18. The maximum atomic E-state index is 13.6. The van der Waals surface area contributed by atoms with E-state index >= 15 is 0 Å². The van der Waals surface area contributed by atoms with Crippen molar-refractivity contribution in [3.8, 4) is 0 Å². The number of benzene rings is 1. The third-order valence-corrected chi connectivity index (χ3v) is 3.93. The van der Waals surface area contributed by atoms with E-state index in [-0.39, 0.29) is 30.1 Å². The number of amides is 1. The van der Waals surface area contributed by atoms with Crippen molar-refractivity contribution in [2.75, 3.05) is 12.3 Å². The number of carbonyl (C=O) groups excluding carboxylic acids is 1. The van der Waals surface area contributed by atoms with Gasteiger partial charge in [-0.05, 0) is 18.6 Å². The number of hydrogen-bond donors (Lipinski definition) is 3. The lowest BCUT2D eigenvalue weighted by Crippen LogP contribution is -2.26. The van der Waals surface area contributed by atoms with Crippen molar-refractivity contribution in [3.63, 3.8) is 0 Å². The first-order chi connectivity index (χ1) is 8.74. The molecule has 1 amide bonds. The highest BCUT2D eigenvalue weighted by Crippen LogP contribution is 2.25. The van der Waals surface area contributed by atoms with Crippen LogP contribution in [0.5, 0.6) is 0 Å². The molecule has 0 saturated carbocycles. The SMILES string of the molecule is NC(=O)CCCNS(=O)(=O)c1cc(N)cc(Cl)c1F. The fourth-order valence-corrected chi connectivity index (χ4v) is 2.82. The minimum absolute atomic E-state index is 0.0304. The normalized spacial score (nSPS) is 11.5. The van der Waals surface area contributed by atoms with Crippen LogP contribution in [0.1, 0.15) is 12.8 Å². The summed E-state index contributed by atoms with van der Waals surface area (Å²) in [6, 6.07) is 2.08. The van der Waals surface area contributed by atoms with Gasteiger partial charge in [0.15, 0.2) is 5.82 Å². The first-order valence-corrected chi connectivity index (χ1v) is 7.12. The molecule has 0 heterocycles. The standard InChI is InChI=1S/C10H13ClFN3O3S/c11-7-4-6(13)5-8(10(7)12)19(17,18)15-3-1-2-9(14)16/h4-5,15H,1-3,13H2,(H2,14,16). The number of primary amides is 1. The van der Waals surface area contributed by atoms with E-state index in [9.17, 15) is 17.6 Å². The fourth-order valence-electron chi connectivity index (χ4n) is 1.33. The lowest BCUT2D eigenvalue weighted by Gasteiger charge is -2.09. The second-order valence-electron chi connectivity index (χ2n) is 3.78. The van der Waals surface area contributed by atoms with Crippen molar-refractivity contribution >= 4 is 33.2 Å². The number of nitrogens with one attached hydrogen (secondary N) is 1. The first-order valence-electron chi connectivity index (χ1n) is 5.26. The van der Waals surface area contributed by atoms with Crippen molar-refractivity contribution in [3.05, 3.63) is 23.0 Å². The van der Waals surface area contributed by atoms with E-state index in [1.54, 1.807) is 0 Å². The third kappa shape index (κ3) is 4.34. The summed E-state index contributed by atoms with van der Waals surface area (Å²) < 4.78 is 39.4. The third-order valence-electron chi connectivity index (χ3n) is 2.20. The Morgan fingerprint density at radius 1 is 1.42 bits per heavy atom. The molecule has 0 radical (unpaired) electrons. The van der Waals surface area contributed by atoms with Crippen molar-refractivity contribution < 1.29 is 17.6 Å². The van der Waals surface area contributed by atoms with Gasteiger partial charge < -0.3 is 11.5 Å². The van der Waals surface area contributed by atoms with Gasteiger partial charge in [-0.3, -0.25) is 4.79 Å². The summed E-state index contributed by atoms with van der Waals surface area (Å²) in [5.41, 5.74) is 10.4. The average Bonchev–Trinajstić information content (AvgIpc) is 2.29. The van der Waals surface area contributed by atoms with E-state index in [1.165, 1.54) is 0 Å². The zero-order valence-electron chi connectivity index (χ0n) is 9.82. The van der Waals surface area contributed by atoms with Crippen LogP contribution in [0, 0.1) is 5.82 Å². The molecule has 0 atom stereocenters. The molecule has 9 heteroatoms. The molecule has 0 aliphatic carbocycles. The topological polar surface area (TPSA) is 115 Å². The van der Waals surface area contributed by atoms with Crippen LogP contribution >= 0.6 is 11.6 Å². The Morgan fingerprint density at radius 2 is 2.05 bits per heavy atom. The molecule has 0 aromatic heterocycles. The van der Waals surface area contributed by atoms with Crippen molar-refractivity contribution in [1.82, 2.24) is 4.72 Å². The molecule has 19 heavy (non-hydrogen) atoms. The Bertz CT molecular complexity index is 592. The van der Waals surface area contributed by atoms with Gasteiger partial charge in [-0.25, -0.2) is 17.5 Å². The van der Waals surface area contributed by atoms with Crippen LogP contribution < -0.4 is 16.2 Å². The molecule has 0 aliphatic rings. The Kier molecular flexibility index (Phi) is 5.10. The molecule has 0 unspecified atom stereocenters. The van der Waals surface area contributed by atoms with Crippen LogP contribution in [0.2, 0.25) is 5.02 Å². The predicted octanol–water partition coefficient (Wildman–Crippen LogP) is 0.605. The minimum atomic E-state index is -4.08. The molecule has 0 bridgehead atoms. The van der Waals surface area contributed by atoms with Gasteiger partial charge in [-0.2, -0.15) is 0 Å². The average molecular weight is 310 g/mol. The number of anilines is 1. The van der Waals surface area contributed by atoms with Gasteiger partial charge in [-0.15, -0.1) is 0 Å². The maximum Gasteiger partial charge on any atom is 0.243 e. The molecule has 1 aromatic rings. The monoisotopic (exact) mass is 309 g/mol. The van der Waals surface area contributed by atoms with Crippen LogP contribution in [0.15, 0.2) is 17.0 Å². The largest absolute Gasteiger partial charge is 0.399 e. The summed E-state index contributed by atoms with van der Waals surface area (Å²) in [4.78, 5) is 9.86. The smallest absolute Gasteiger partial charge is 0.243 e. The molecule has 0 fully saturated rings. The van der Waals surface area contributed by atoms with Gasteiger partial charge >= 0.3 is 0 Å². The molecule has 5 N–H and O–H groups in total. The summed E-state index contributed by atoms with van der Waals surface area (Å²) in [5, 5.41) is -0.377. The van der Waals surface area contributed by atoms with Crippen molar-refractivity contribution in [1.29, 1.82) is 0 Å². The molecule has 0 spiro atoms. The Labute approximate surface area is 115 Å². The van der Waals surface area contributed by atoms with E-state index in [1.807, 2.05) is 0 Å². The summed E-state index contributed by atoms with van der Waals surface area (Å²) in [6.07, 6.45) is 0.245. The Hall–Kier alpha value is -1.38. The number of hydrogen-bond acceptors (Lipinski definition) is 4. The number of nitrogens with two attached hydrogens (primary N) is 2. The molecular weight excluding hydrogens is 297 g/mol. The summed E-state index contributed by atoms with van der Waals surface area (Å²) in [5.74, 6) is -1.62. The van der Waals surface area contributed by atoms with Gasteiger partial charge in [0.25, 0.3) is 0 Å². The Balaban J connectivity index is 2.86. The Morgan fingerprint density at radius 3 is 2.63 bits per heavy atom. The van der Waals surface area contributed by atoms with E-state index < -0.39 is 26.6 Å². The summed E-state index contributed by atoms with van der Waals surface area (Å²) in [6.45, 7) is -0.0445. The van der Waals surface area contributed by atoms with Gasteiger partial charge in [0.05, 0.1) is 5.02 Å². The molecular formula is C10H13ClFN3O3S. The van der Waals surface area contributed by atoms with Crippen LogP contribution in [0.25, 0.3) is 0 Å². The second-order valence-corrected chi connectivity index (χ2v) is 5.93. The van der Waals surface area contributed by atoms with Crippen LogP contribution in [-0.2, 0) is 14.8 Å². The number of nitrogen functional groups attached to an aromatic ring is 1. The molecule has 6 nitrogen and oxygen atoms in total. The van der Waals surface area contributed by atoms with E-state index in [0.717, 1.165) is 12.1 Å². The van der Waals surface area contributed by atoms with E-state index in [0.29, 0.717) is 0 Å². The van der Waals surface area contributed by atoms with Gasteiger partial charge in [0.1, 0.15) is 4.90 Å². The highest BCUT2D eigenvalue weighted by molar-refractivity contribution is 7.89. The molecule has 1 rings (SSSR count). The van der Waals surface area contributed by atoms with Crippen LogP contribution in [0.4, 0.5) is 10.1 Å². The molecule has 1 aromatic carbocycles. The van der Waals surface area contributed by atoms with Gasteiger partial charge in [0.2, 0.25) is 15.9 Å². The highest BCUT2D eigenvalue weighted by Gasteiger charge is 2.21. The lowest BCUT2D eigenvalue weighted by molar-refractivity contribution is -0.118. The predicted molar refractivity (Wildman–Crippen MR) is 69.4 cm³/mol. The van der Waals surface area contributed by atoms with Crippen molar-refractivity contribution in [2.45, 2.75) is 17.7 Å². The van der Waals surface area contributed by atoms with Gasteiger partial charge in [-0.1, -0.05) is 11.6 Å². The first kappa shape index (κ1) is 15.7. The highest BCUT2D eigenvalue weighted by atomic mass is 35.5. The van der Waals surface area contributed by atoms with E-state index in [4.69, 9.17) is 23.1 Å². The molecule has 0 aliphatic heterocycles. The number of sulfonamides is 1. The number of carbonyl (C=O) groups is 1. The van der Waals surface area contributed by atoms with Gasteiger partial charge in [0, 0.05) is 18.7 Å². The van der Waals surface area contributed by atoms with Crippen LogP contribution in [-0.4, -0.2) is 20.9 Å². The zero-order valence-corrected chi connectivity index (χ0v) is 11.4. The number of halogens is 2. The summed E-state index contributed by atoms with van der Waals surface area (Å²) >= 11 is 5.52. The van der Waals surface area contributed by atoms with E-state index in [2.05, 4.69) is 4.72 Å². The maximum absolute atomic E-state index is 13.6. The zero-order chi connectivity index (χ0) is 14.6. The fraction of sp³-hybridized carbons (Fsp3) is 0.300. The molecule has 0 saturated heterocycles. The van der Waals surface area contributed by atoms with Crippen molar-refractivity contribution in [2.24, 2.45) is 5.73 Å². The number of rotatable bonds is 6. The summed E-state index contributed by atoms with van der Waals surface area (Å²) in [7, 11) is -4.08. The quantitative estimate of drug-likeness (QED) is 0.527.